The van der Waals surface area contributed by atoms with Crippen molar-refractivity contribution < 1.29 is 8.81 Å². The maximum Gasteiger partial charge on any atom is 0.226 e. The fourth-order valence-corrected chi connectivity index (χ4v) is 1.63. The lowest BCUT2D eigenvalue weighted by Gasteiger charge is -1.98. The van der Waals surface area contributed by atoms with Crippen LogP contribution in [0.15, 0.2) is 28.9 Å². The number of aryl methyl sites for hydroxylation is 1. The first-order chi connectivity index (χ1) is 8.19. The molecular formula is C13H15FN2O. The van der Waals surface area contributed by atoms with Gasteiger partial charge in [-0.3, -0.25) is 0 Å². The highest BCUT2D eigenvalue weighted by Crippen LogP contribution is 2.21. The van der Waals surface area contributed by atoms with Crippen LogP contribution in [0.5, 0.6) is 0 Å². The van der Waals surface area contributed by atoms with Crippen LogP contribution >= 0.6 is 0 Å². The molecule has 2 aromatic rings. The summed E-state index contributed by atoms with van der Waals surface area (Å²) in [5.74, 6) is 0.187. The van der Waals surface area contributed by atoms with Gasteiger partial charge in [-0.2, -0.15) is 0 Å². The molecule has 0 aliphatic carbocycles. The van der Waals surface area contributed by atoms with Crippen LogP contribution in [-0.4, -0.2) is 11.5 Å². The van der Waals surface area contributed by atoms with Crippen LogP contribution in [0.2, 0.25) is 0 Å². The molecule has 0 bridgehead atoms. The zero-order chi connectivity index (χ0) is 12.3. The van der Waals surface area contributed by atoms with Crippen LogP contribution in [0.4, 0.5) is 4.39 Å². The number of rotatable bonds is 4. The molecule has 2 rings (SSSR count). The van der Waals surface area contributed by atoms with Crippen LogP contribution in [0.1, 0.15) is 18.2 Å². The molecule has 3 nitrogen and oxygen atoms in total. The molecule has 17 heavy (non-hydrogen) atoms. The Labute approximate surface area is 99.7 Å². The molecule has 0 aliphatic rings. The summed E-state index contributed by atoms with van der Waals surface area (Å²) in [7, 11) is 0. The van der Waals surface area contributed by atoms with Crippen molar-refractivity contribution in [1.82, 2.24) is 10.3 Å². The number of hydrogen-bond acceptors (Lipinski definition) is 3. The Morgan fingerprint density at radius 2 is 2.18 bits per heavy atom. The van der Waals surface area contributed by atoms with E-state index in [0.29, 0.717) is 18.0 Å². The Morgan fingerprint density at radius 1 is 1.35 bits per heavy atom. The highest BCUT2D eigenvalue weighted by molar-refractivity contribution is 5.54. The molecule has 1 N–H and O–H groups in total. The van der Waals surface area contributed by atoms with Crippen molar-refractivity contribution in [3.8, 4) is 11.5 Å². The second kappa shape index (κ2) is 5.10. The van der Waals surface area contributed by atoms with Crippen molar-refractivity contribution in [1.29, 1.82) is 0 Å². The van der Waals surface area contributed by atoms with E-state index in [1.165, 1.54) is 12.1 Å². The molecule has 0 aliphatic heterocycles. The van der Waals surface area contributed by atoms with E-state index in [0.717, 1.165) is 17.8 Å². The monoisotopic (exact) mass is 234 g/mol. The van der Waals surface area contributed by atoms with E-state index in [9.17, 15) is 4.39 Å². The number of oxazole rings is 1. The van der Waals surface area contributed by atoms with Gasteiger partial charge in [0, 0.05) is 12.1 Å². The number of benzene rings is 1. The van der Waals surface area contributed by atoms with Gasteiger partial charge in [0.2, 0.25) is 5.89 Å². The van der Waals surface area contributed by atoms with Gasteiger partial charge in [-0.25, -0.2) is 9.37 Å². The maximum atomic E-state index is 13.2. The van der Waals surface area contributed by atoms with E-state index in [2.05, 4.69) is 10.3 Å². The number of nitrogens with one attached hydrogen (secondary N) is 1. The van der Waals surface area contributed by atoms with Crippen LogP contribution in [0.25, 0.3) is 11.5 Å². The minimum absolute atomic E-state index is 0.272. The molecule has 90 valence electrons. The van der Waals surface area contributed by atoms with Gasteiger partial charge < -0.3 is 9.73 Å². The lowest BCUT2D eigenvalue weighted by molar-refractivity contribution is 0.568. The Bertz CT molecular complexity index is 488. The average molecular weight is 234 g/mol. The standard InChI is InChI=1S/C13H15FN2O/c1-3-15-7-12-8-17-13(16-12)10-4-9(2)5-11(14)6-10/h4-6,8,15H,3,7H2,1-2H3. The van der Waals surface area contributed by atoms with Crippen LogP contribution in [-0.2, 0) is 6.54 Å². The molecule has 4 heteroatoms. The first-order valence-corrected chi connectivity index (χ1v) is 5.61. The van der Waals surface area contributed by atoms with Crippen molar-refractivity contribution >= 4 is 0 Å². The first kappa shape index (κ1) is 11.8. The van der Waals surface area contributed by atoms with Gasteiger partial charge >= 0.3 is 0 Å². The molecule has 1 aromatic carbocycles. The maximum absolute atomic E-state index is 13.2. The summed E-state index contributed by atoms with van der Waals surface area (Å²) in [6.07, 6.45) is 1.60. The molecule has 0 atom stereocenters. The van der Waals surface area contributed by atoms with Gasteiger partial charge in [0.05, 0.1) is 5.69 Å². The molecule has 0 spiro atoms. The van der Waals surface area contributed by atoms with Crippen LogP contribution in [0, 0.1) is 12.7 Å². The van der Waals surface area contributed by atoms with Gasteiger partial charge in [-0.05, 0) is 37.2 Å². The molecule has 0 saturated heterocycles. The Kier molecular flexibility index (Phi) is 3.54. The fraction of sp³-hybridized carbons (Fsp3) is 0.308. The van der Waals surface area contributed by atoms with E-state index in [1.807, 2.05) is 19.9 Å². The Hall–Kier alpha value is -1.68. The molecule has 1 aromatic heterocycles. The molecule has 0 fully saturated rings. The lowest BCUT2D eigenvalue weighted by atomic mass is 10.1. The Balaban J connectivity index is 2.24. The van der Waals surface area contributed by atoms with Crippen molar-refractivity contribution in [3.05, 3.63) is 41.5 Å². The Morgan fingerprint density at radius 3 is 2.88 bits per heavy atom. The molecule has 0 radical (unpaired) electrons. The first-order valence-electron chi connectivity index (χ1n) is 5.61. The van der Waals surface area contributed by atoms with Crippen molar-refractivity contribution in [2.75, 3.05) is 6.54 Å². The van der Waals surface area contributed by atoms with Gasteiger partial charge in [0.15, 0.2) is 0 Å². The smallest absolute Gasteiger partial charge is 0.226 e. The topological polar surface area (TPSA) is 38.1 Å². The summed E-state index contributed by atoms with van der Waals surface area (Å²) < 4.78 is 18.6. The van der Waals surface area contributed by atoms with Gasteiger partial charge in [0.1, 0.15) is 12.1 Å². The van der Waals surface area contributed by atoms with Crippen LogP contribution in [0.3, 0.4) is 0 Å². The molecule has 1 heterocycles. The average Bonchev–Trinajstić information content (AvgIpc) is 2.73. The summed E-state index contributed by atoms with van der Waals surface area (Å²) in [5, 5.41) is 3.16. The normalized spacial score (nSPS) is 10.8. The van der Waals surface area contributed by atoms with E-state index in [-0.39, 0.29) is 5.82 Å². The predicted octanol–water partition coefficient (Wildman–Crippen LogP) is 2.90. The van der Waals surface area contributed by atoms with Crippen LogP contribution < -0.4 is 5.32 Å². The third-order valence-electron chi connectivity index (χ3n) is 2.40. The zero-order valence-electron chi connectivity index (χ0n) is 9.96. The molecular weight excluding hydrogens is 219 g/mol. The highest BCUT2D eigenvalue weighted by atomic mass is 19.1. The fourth-order valence-electron chi connectivity index (χ4n) is 1.63. The number of hydrogen-bond donors (Lipinski definition) is 1. The third-order valence-corrected chi connectivity index (χ3v) is 2.40. The zero-order valence-corrected chi connectivity index (χ0v) is 9.96. The summed E-state index contributed by atoms with van der Waals surface area (Å²) in [6, 6.07) is 4.76. The van der Waals surface area contributed by atoms with E-state index in [1.54, 1.807) is 6.26 Å². The van der Waals surface area contributed by atoms with Crippen molar-refractivity contribution in [2.24, 2.45) is 0 Å². The number of halogens is 1. The minimum Gasteiger partial charge on any atom is -0.444 e. The second-order valence-electron chi connectivity index (χ2n) is 3.94. The summed E-state index contributed by atoms with van der Waals surface area (Å²) in [6.45, 7) is 5.40. The molecule has 0 saturated carbocycles. The second-order valence-corrected chi connectivity index (χ2v) is 3.94. The quantitative estimate of drug-likeness (QED) is 0.884. The van der Waals surface area contributed by atoms with E-state index < -0.39 is 0 Å². The SMILES string of the molecule is CCNCc1coc(-c2cc(C)cc(F)c2)n1. The summed E-state index contributed by atoms with van der Waals surface area (Å²) >= 11 is 0. The van der Waals surface area contributed by atoms with Gasteiger partial charge in [-0.15, -0.1) is 0 Å². The third kappa shape index (κ3) is 2.91. The van der Waals surface area contributed by atoms with Gasteiger partial charge in [-0.1, -0.05) is 6.92 Å². The largest absolute Gasteiger partial charge is 0.444 e. The highest BCUT2D eigenvalue weighted by Gasteiger charge is 2.08. The summed E-state index contributed by atoms with van der Waals surface area (Å²) in [4.78, 5) is 4.30. The molecule has 0 unspecified atom stereocenters. The number of aromatic nitrogens is 1. The number of nitrogens with zero attached hydrogens (tertiary/aromatic N) is 1. The van der Waals surface area contributed by atoms with Gasteiger partial charge in [0.25, 0.3) is 0 Å². The molecule has 0 amide bonds. The van der Waals surface area contributed by atoms with Crippen molar-refractivity contribution in [3.63, 3.8) is 0 Å². The lowest BCUT2D eigenvalue weighted by Crippen LogP contribution is -2.11. The predicted molar refractivity (Wildman–Crippen MR) is 64.0 cm³/mol. The van der Waals surface area contributed by atoms with Crippen molar-refractivity contribution in [2.45, 2.75) is 20.4 Å². The minimum atomic E-state index is -0.272. The summed E-state index contributed by atoms with van der Waals surface area (Å²) in [5.41, 5.74) is 2.35. The van der Waals surface area contributed by atoms with E-state index >= 15 is 0 Å². The van der Waals surface area contributed by atoms with E-state index in [4.69, 9.17) is 4.42 Å².